The molecule has 2 nitrogen and oxygen atoms in total. The molecule has 0 aromatic heterocycles. The third-order valence-corrected chi connectivity index (χ3v) is 3.27. The number of likely N-dealkylation sites (N-methyl/N-ethyl adjacent to an activating group) is 1. The number of hydrogen-bond donors (Lipinski definition) is 0. The van der Waals surface area contributed by atoms with Gasteiger partial charge in [-0.2, -0.15) is 0 Å². The molecule has 3 heteroatoms. The Hall–Kier alpha value is -0.650. The number of ether oxygens (including phenoxy) is 1. The van der Waals surface area contributed by atoms with Crippen LogP contribution in [0.5, 0.6) is 0 Å². The fourth-order valence-electron chi connectivity index (χ4n) is 2.01. The normalized spacial score (nSPS) is 24.4. The van der Waals surface area contributed by atoms with Crippen molar-refractivity contribution in [3.63, 3.8) is 0 Å². The molecule has 0 N–H and O–H groups in total. The van der Waals surface area contributed by atoms with Crippen molar-refractivity contribution in [3.8, 4) is 0 Å². The van der Waals surface area contributed by atoms with Crippen LogP contribution in [0.1, 0.15) is 5.56 Å². The first kappa shape index (κ1) is 16.4. The Morgan fingerprint density at radius 3 is 2.42 bits per heavy atom. The molecule has 0 saturated heterocycles. The van der Waals surface area contributed by atoms with Crippen LogP contribution in [0.15, 0.2) is 48.6 Å². The Bertz CT molecular complexity index is 446. The van der Waals surface area contributed by atoms with Crippen LogP contribution in [-0.2, 0) is 4.74 Å². The lowest BCUT2D eigenvalue weighted by atomic mass is 10.0. The smallest absolute Gasteiger partial charge is 0.132 e. The number of halogens is 1. The highest BCUT2D eigenvalue weighted by atomic mass is 127. The molecule has 1 aromatic rings. The van der Waals surface area contributed by atoms with E-state index in [2.05, 4.69) is 69.7 Å². The zero-order valence-corrected chi connectivity index (χ0v) is 14.0. The topological polar surface area (TPSA) is 9.23 Å². The Labute approximate surface area is 133 Å². The Morgan fingerprint density at radius 1 is 1.11 bits per heavy atom. The number of quaternary nitrogens is 1. The molecule has 1 aliphatic heterocycles. The van der Waals surface area contributed by atoms with E-state index < -0.39 is 0 Å². The lowest BCUT2D eigenvalue weighted by Gasteiger charge is -2.33. The zero-order chi connectivity index (χ0) is 13.0. The van der Waals surface area contributed by atoms with Gasteiger partial charge < -0.3 is 33.2 Å². The van der Waals surface area contributed by atoms with E-state index in [4.69, 9.17) is 4.74 Å². The first-order chi connectivity index (χ1) is 8.57. The van der Waals surface area contributed by atoms with Crippen LogP contribution in [-0.4, -0.2) is 44.9 Å². The Balaban J connectivity index is 0.00000180. The van der Waals surface area contributed by atoms with E-state index in [1.54, 1.807) is 0 Å². The lowest BCUT2D eigenvalue weighted by molar-refractivity contribution is -0.889. The maximum atomic E-state index is 5.65. The van der Waals surface area contributed by atoms with Crippen molar-refractivity contribution in [2.24, 2.45) is 0 Å². The maximum Gasteiger partial charge on any atom is 0.132 e. The van der Waals surface area contributed by atoms with Crippen molar-refractivity contribution in [2.45, 2.75) is 6.04 Å². The van der Waals surface area contributed by atoms with Crippen molar-refractivity contribution < 1.29 is 33.2 Å². The number of hydrogen-bond acceptors (Lipinski definition) is 1. The first-order valence-electron chi connectivity index (χ1n) is 6.40. The average molecular weight is 371 g/mol. The van der Waals surface area contributed by atoms with Gasteiger partial charge in [-0.05, 0) is 17.2 Å². The van der Waals surface area contributed by atoms with Crippen LogP contribution in [0.4, 0.5) is 0 Å². The van der Waals surface area contributed by atoms with Crippen LogP contribution >= 0.6 is 0 Å². The molecule has 1 aromatic carbocycles. The molecule has 1 aliphatic rings. The lowest BCUT2D eigenvalue weighted by Crippen LogP contribution is -3.00. The summed E-state index contributed by atoms with van der Waals surface area (Å²) in [4.78, 5) is 0. The van der Waals surface area contributed by atoms with E-state index in [1.807, 2.05) is 0 Å². The van der Waals surface area contributed by atoms with Gasteiger partial charge in [0, 0.05) is 0 Å². The summed E-state index contributed by atoms with van der Waals surface area (Å²) in [5.74, 6) is 0. The van der Waals surface area contributed by atoms with Gasteiger partial charge in [-0.25, -0.2) is 0 Å². The predicted octanol–water partition coefficient (Wildman–Crippen LogP) is -0.265. The molecule has 1 unspecified atom stereocenters. The van der Waals surface area contributed by atoms with E-state index in [9.17, 15) is 0 Å². The average Bonchev–Trinajstić information content (AvgIpc) is 2.28. The molecule has 0 bridgehead atoms. The molecule has 0 saturated carbocycles. The van der Waals surface area contributed by atoms with Crippen LogP contribution in [0.25, 0.3) is 5.57 Å². The third-order valence-electron chi connectivity index (χ3n) is 3.27. The third kappa shape index (κ3) is 4.75. The van der Waals surface area contributed by atoms with Crippen LogP contribution in [0.2, 0.25) is 0 Å². The second-order valence-corrected chi connectivity index (χ2v) is 5.61. The summed E-state index contributed by atoms with van der Waals surface area (Å²) < 4.78 is 6.53. The SMILES string of the molecule is C[N+](C)(C)C1/C=C(c2ccccc2)\C=C/COC1.[I-]. The Morgan fingerprint density at radius 2 is 1.79 bits per heavy atom. The number of benzene rings is 1. The van der Waals surface area contributed by atoms with Crippen LogP contribution in [0.3, 0.4) is 0 Å². The Kier molecular flexibility index (Phi) is 6.23. The largest absolute Gasteiger partial charge is 1.00 e. The van der Waals surface area contributed by atoms with Crippen molar-refractivity contribution in [2.75, 3.05) is 34.4 Å². The fraction of sp³-hybridized carbons (Fsp3) is 0.375. The highest BCUT2D eigenvalue weighted by Crippen LogP contribution is 2.20. The minimum Gasteiger partial charge on any atom is -1.00 e. The zero-order valence-electron chi connectivity index (χ0n) is 11.8. The molecular formula is C16H22INO. The first-order valence-corrected chi connectivity index (χ1v) is 6.40. The molecule has 104 valence electrons. The van der Waals surface area contributed by atoms with Gasteiger partial charge in [-0.3, -0.25) is 0 Å². The molecule has 1 heterocycles. The molecule has 0 amide bonds. The summed E-state index contributed by atoms with van der Waals surface area (Å²) >= 11 is 0. The number of allylic oxidation sites excluding steroid dienone is 2. The minimum atomic E-state index is 0. The van der Waals surface area contributed by atoms with Gasteiger partial charge >= 0.3 is 0 Å². The van der Waals surface area contributed by atoms with Gasteiger partial charge in [0.05, 0.1) is 27.7 Å². The van der Waals surface area contributed by atoms with Gasteiger partial charge in [-0.1, -0.05) is 42.5 Å². The van der Waals surface area contributed by atoms with E-state index in [0.29, 0.717) is 12.6 Å². The van der Waals surface area contributed by atoms with Crippen molar-refractivity contribution in [1.82, 2.24) is 0 Å². The van der Waals surface area contributed by atoms with Crippen LogP contribution in [0, 0.1) is 0 Å². The molecule has 19 heavy (non-hydrogen) atoms. The maximum absolute atomic E-state index is 5.65. The van der Waals surface area contributed by atoms with Crippen molar-refractivity contribution in [3.05, 3.63) is 54.1 Å². The quantitative estimate of drug-likeness (QED) is 0.514. The highest BCUT2D eigenvalue weighted by Gasteiger charge is 2.22. The summed E-state index contributed by atoms with van der Waals surface area (Å²) in [7, 11) is 6.62. The minimum absolute atomic E-state index is 0. The van der Waals surface area contributed by atoms with Gasteiger partial charge in [0.2, 0.25) is 0 Å². The summed E-state index contributed by atoms with van der Waals surface area (Å²) in [5, 5.41) is 0. The van der Waals surface area contributed by atoms with E-state index >= 15 is 0 Å². The van der Waals surface area contributed by atoms with E-state index in [1.165, 1.54) is 11.1 Å². The molecular weight excluding hydrogens is 349 g/mol. The summed E-state index contributed by atoms with van der Waals surface area (Å²) in [6.45, 7) is 1.46. The molecule has 0 spiro atoms. The fourth-order valence-corrected chi connectivity index (χ4v) is 2.01. The molecule has 1 atom stereocenters. The van der Waals surface area contributed by atoms with Gasteiger partial charge in [0.1, 0.15) is 12.6 Å². The number of rotatable bonds is 2. The standard InChI is InChI=1S/C16H22NO.HI/c1-17(2,3)16-12-15(10-7-11-18-13-16)14-8-5-4-6-9-14;/h4-10,12,16H,11,13H2,1-3H3;1H/q+1;/p-1/b10-7-,15-12+;. The second-order valence-electron chi connectivity index (χ2n) is 5.61. The molecule has 2 rings (SSSR count). The molecule has 0 aliphatic carbocycles. The predicted molar refractivity (Wildman–Crippen MR) is 76.2 cm³/mol. The summed E-state index contributed by atoms with van der Waals surface area (Å²) in [6, 6.07) is 10.9. The van der Waals surface area contributed by atoms with E-state index in [-0.39, 0.29) is 24.0 Å². The van der Waals surface area contributed by atoms with Gasteiger partial charge in [-0.15, -0.1) is 0 Å². The molecule has 0 radical (unpaired) electrons. The monoisotopic (exact) mass is 371 g/mol. The van der Waals surface area contributed by atoms with Crippen molar-refractivity contribution in [1.29, 1.82) is 0 Å². The highest BCUT2D eigenvalue weighted by molar-refractivity contribution is 5.74. The van der Waals surface area contributed by atoms with Crippen molar-refractivity contribution >= 4 is 5.57 Å². The van der Waals surface area contributed by atoms with Gasteiger partial charge in [0.15, 0.2) is 0 Å². The second kappa shape index (κ2) is 7.22. The van der Waals surface area contributed by atoms with E-state index in [0.717, 1.165) is 11.1 Å². The van der Waals surface area contributed by atoms with Crippen LogP contribution < -0.4 is 24.0 Å². The number of nitrogens with zero attached hydrogens (tertiary/aromatic N) is 1. The summed E-state index contributed by atoms with van der Waals surface area (Å²) in [5.41, 5.74) is 2.56. The van der Waals surface area contributed by atoms with Gasteiger partial charge in [0.25, 0.3) is 0 Å². The molecule has 0 fully saturated rings. The summed E-state index contributed by atoms with van der Waals surface area (Å²) in [6.07, 6.45) is 6.58.